The second-order valence-electron chi connectivity index (χ2n) is 8.68. The number of alkyl halides is 2. The Hall–Kier alpha value is 0.540. The summed E-state index contributed by atoms with van der Waals surface area (Å²) in [6.45, 7) is 20.4. The molecule has 0 aliphatic carbocycles. The lowest BCUT2D eigenvalue weighted by Gasteiger charge is -2.28. The third-order valence-electron chi connectivity index (χ3n) is 4.24. The van der Waals surface area contributed by atoms with E-state index in [0.717, 1.165) is 38.8 Å². The predicted octanol–water partition coefficient (Wildman–Crippen LogP) is 8.48. The van der Waals surface area contributed by atoms with Crippen molar-refractivity contribution < 1.29 is 9.59 Å². The Morgan fingerprint density at radius 1 is 0.719 bits per heavy atom. The first kappa shape index (κ1) is 39.7. The zero-order valence-corrected chi connectivity index (χ0v) is 26.1. The number of carbonyl (C=O) groups is 2. The molecule has 1 N–H and O–H groups in total. The summed E-state index contributed by atoms with van der Waals surface area (Å²) in [5.41, 5.74) is 0. The average Bonchev–Trinajstić information content (AvgIpc) is 2.67. The van der Waals surface area contributed by atoms with Crippen molar-refractivity contribution in [2.45, 2.75) is 123 Å². The molecule has 7 heteroatoms. The van der Waals surface area contributed by atoms with Gasteiger partial charge in [0.1, 0.15) is 0 Å². The minimum atomic E-state index is -0.422. The number of hydrogen-bond acceptors (Lipinski definition) is 3. The standard InChI is InChI=1S/C12H24BrNO.C8H19N.C4H6Br2O.CH4/c1-5-7-9-14(10-8-6-2)11(15)12(3,4)13;1-3-5-7-9-8-6-4-2;1-4(2,6)3(5)7;/h5-10H2,1-4H3;9H,3-8H2,1-2H3;1-2H3;1H4. The topological polar surface area (TPSA) is 49.4 Å². The van der Waals surface area contributed by atoms with Gasteiger partial charge in [0, 0.05) is 13.1 Å². The third-order valence-corrected chi connectivity index (χ3v) is 6.46. The number of amides is 1. The lowest BCUT2D eigenvalue weighted by atomic mass is 10.1. The molecule has 0 heterocycles. The molecule has 0 saturated carbocycles. The highest BCUT2D eigenvalue weighted by Gasteiger charge is 2.28. The van der Waals surface area contributed by atoms with Crippen molar-refractivity contribution in [2.24, 2.45) is 0 Å². The Labute approximate surface area is 226 Å². The normalized spacial score (nSPS) is 10.7. The number of nitrogens with one attached hydrogen (secondary N) is 1. The molecule has 0 spiro atoms. The van der Waals surface area contributed by atoms with Crippen LogP contribution in [0.4, 0.5) is 0 Å². The van der Waals surface area contributed by atoms with Crippen LogP contribution in [0.2, 0.25) is 0 Å². The summed E-state index contributed by atoms with van der Waals surface area (Å²) < 4.78 is -0.860. The van der Waals surface area contributed by atoms with E-state index in [0.29, 0.717) is 0 Å². The summed E-state index contributed by atoms with van der Waals surface area (Å²) in [6.07, 6.45) is 9.72. The lowest BCUT2D eigenvalue weighted by Crippen LogP contribution is -2.42. The Bertz CT molecular complexity index is 420. The van der Waals surface area contributed by atoms with E-state index >= 15 is 0 Å². The van der Waals surface area contributed by atoms with Crippen molar-refractivity contribution in [1.29, 1.82) is 0 Å². The minimum absolute atomic E-state index is 0. The number of halogens is 3. The monoisotopic (exact) mass is 650 g/mol. The highest BCUT2D eigenvalue weighted by molar-refractivity contribution is 9.20. The maximum Gasteiger partial charge on any atom is 0.238 e. The van der Waals surface area contributed by atoms with E-state index in [1.165, 1.54) is 38.8 Å². The largest absolute Gasteiger partial charge is 0.342 e. The van der Waals surface area contributed by atoms with Gasteiger partial charge in [0.2, 0.25) is 10.6 Å². The van der Waals surface area contributed by atoms with Crippen molar-refractivity contribution in [2.75, 3.05) is 26.2 Å². The van der Waals surface area contributed by atoms with Crippen molar-refractivity contribution >= 4 is 58.4 Å². The lowest BCUT2D eigenvalue weighted by molar-refractivity contribution is -0.132. The fourth-order valence-corrected chi connectivity index (χ4v) is 2.37. The van der Waals surface area contributed by atoms with Crippen LogP contribution in [0.15, 0.2) is 0 Å². The van der Waals surface area contributed by atoms with Crippen LogP contribution < -0.4 is 5.32 Å². The van der Waals surface area contributed by atoms with Gasteiger partial charge in [0.25, 0.3) is 0 Å². The SMILES string of the molecule is C.CC(C)(Br)C(=O)Br.CCCCN(CCCC)C(=O)C(C)(C)Br.CCCCNCCCC. The van der Waals surface area contributed by atoms with Crippen molar-refractivity contribution in [1.82, 2.24) is 10.2 Å². The number of unbranched alkanes of at least 4 members (excludes halogenated alkanes) is 4. The molecule has 0 rings (SSSR count). The molecular formula is C25H53Br3N2O2. The molecule has 0 aromatic heterocycles. The zero-order chi connectivity index (χ0) is 24.9. The van der Waals surface area contributed by atoms with Gasteiger partial charge in [0.15, 0.2) is 0 Å². The molecule has 196 valence electrons. The molecule has 0 saturated heterocycles. The Morgan fingerprint density at radius 3 is 1.25 bits per heavy atom. The highest BCUT2D eigenvalue weighted by Crippen LogP contribution is 2.20. The van der Waals surface area contributed by atoms with Gasteiger partial charge in [-0.25, -0.2) is 0 Å². The number of carbonyl (C=O) groups excluding carboxylic acids is 2. The van der Waals surface area contributed by atoms with E-state index in [1.54, 1.807) is 13.8 Å². The van der Waals surface area contributed by atoms with Gasteiger partial charge in [-0.2, -0.15) is 0 Å². The molecule has 0 radical (unpaired) electrons. The Kier molecular flexibility index (Phi) is 30.6. The molecule has 0 aromatic rings. The predicted molar refractivity (Wildman–Crippen MR) is 156 cm³/mol. The molecule has 0 fully saturated rings. The summed E-state index contributed by atoms with van der Waals surface area (Å²) in [7, 11) is 0. The van der Waals surface area contributed by atoms with Crippen LogP contribution in [0, 0.1) is 0 Å². The van der Waals surface area contributed by atoms with Gasteiger partial charge in [-0.15, -0.1) is 0 Å². The molecule has 4 nitrogen and oxygen atoms in total. The fourth-order valence-electron chi connectivity index (χ4n) is 2.12. The summed E-state index contributed by atoms with van der Waals surface area (Å²) >= 11 is 9.39. The van der Waals surface area contributed by atoms with Crippen LogP contribution in [0.25, 0.3) is 0 Å². The van der Waals surface area contributed by atoms with E-state index in [4.69, 9.17) is 0 Å². The highest BCUT2D eigenvalue weighted by atomic mass is 79.9. The number of nitrogens with zero attached hydrogens (tertiary/aromatic N) is 1. The second kappa shape index (κ2) is 24.7. The molecule has 32 heavy (non-hydrogen) atoms. The van der Waals surface area contributed by atoms with Gasteiger partial charge in [-0.05, 0) is 82.4 Å². The summed E-state index contributed by atoms with van der Waals surface area (Å²) in [6, 6.07) is 0. The molecule has 0 bridgehead atoms. The van der Waals surface area contributed by atoms with E-state index in [-0.39, 0.29) is 18.0 Å². The molecule has 0 aromatic carbocycles. The quantitative estimate of drug-likeness (QED) is 0.116. The van der Waals surface area contributed by atoms with Gasteiger partial charge < -0.3 is 10.2 Å². The zero-order valence-electron chi connectivity index (χ0n) is 21.4. The Morgan fingerprint density at radius 2 is 1.03 bits per heavy atom. The van der Waals surface area contributed by atoms with E-state index in [9.17, 15) is 9.59 Å². The molecule has 0 aliphatic heterocycles. The average molecular weight is 653 g/mol. The first-order valence-electron chi connectivity index (χ1n) is 11.9. The first-order chi connectivity index (χ1) is 14.3. The molecule has 1 amide bonds. The van der Waals surface area contributed by atoms with Gasteiger partial charge >= 0.3 is 0 Å². The Balaban J connectivity index is -0.000000198. The summed E-state index contributed by atoms with van der Waals surface area (Å²) in [5.74, 6) is 0.212. The summed E-state index contributed by atoms with van der Waals surface area (Å²) in [5, 5.41) is 3.39. The van der Waals surface area contributed by atoms with Crippen molar-refractivity contribution in [3.63, 3.8) is 0 Å². The van der Waals surface area contributed by atoms with Crippen LogP contribution in [-0.4, -0.2) is 50.3 Å². The third kappa shape index (κ3) is 28.6. The fraction of sp³-hybridized carbons (Fsp3) is 0.920. The smallest absolute Gasteiger partial charge is 0.238 e. The van der Waals surface area contributed by atoms with Crippen LogP contribution in [0.5, 0.6) is 0 Å². The van der Waals surface area contributed by atoms with Gasteiger partial charge in [0.05, 0.1) is 8.65 Å². The summed E-state index contributed by atoms with van der Waals surface area (Å²) in [4.78, 5) is 24.4. The number of rotatable bonds is 14. The molecular weight excluding hydrogens is 600 g/mol. The molecule has 0 atom stereocenters. The van der Waals surface area contributed by atoms with Gasteiger partial charge in [-0.1, -0.05) is 92.7 Å². The number of hydrogen-bond donors (Lipinski definition) is 1. The maximum absolute atomic E-state index is 12.1. The molecule has 0 unspecified atom stereocenters. The van der Waals surface area contributed by atoms with Crippen molar-refractivity contribution in [3.8, 4) is 0 Å². The van der Waals surface area contributed by atoms with Gasteiger partial charge in [-0.3, -0.25) is 9.59 Å². The van der Waals surface area contributed by atoms with Crippen LogP contribution in [0.1, 0.15) is 114 Å². The van der Waals surface area contributed by atoms with Crippen LogP contribution >= 0.6 is 47.8 Å². The first-order valence-corrected chi connectivity index (χ1v) is 14.2. The minimum Gasteiger partial charge on any atom is -0.342 e. The van der Waals surface area contributed by atoms with Crippen LogP contribution in [0.3, 0.4) is 0 Å². The van der Waals surface area contributed by atoms with E-state index in [2.05, 4.69) is 80.8 Å². The van der Waals surface area contributed by atoms with E-state index in [1.807, 2.05) is 18.7 Å². The van der Waals surface area contributed by atoms with Crippen LogP contribution in [-0.2, 0) is 9.59 Å². The van der Waals surface area contributed by atoms with E-state index < -0.39 is 8.65 Å². The maximum atomic E-state index is 12.1. The second-order valence-corrected chi connectivity index (χ2v) is 13.4. The van der Waals surface area contributed by atoms with Crippen molar-refractivity contribution in [3.05, 3.63) is 0 Å². The molecule has 0 aliphatic rings.